The number of alkyl carbamates (subject to hydrolysis) is 1. The maximum absolute atomic E-state index is 12.3. The Bertz CT molecular complexity index is 587. The van der Waals surface area contributed by atoms with Crippen LogP contribution < -0.4 is 16.0 Å². The number of hydrogen-bond acceptors (Lipinski definition) is 4. The van der Waals surface area contributed by atoms with Gasteiger partial charge in [-0.25, -0.2) is 4.79 Å². The molecule has 1 aromatic rings. The average molecular weight is 335 g/mol. The summed E-state index contributed by atoms with van der Waals surface area (Å²) in [5.74, 6) is -0.581. The molecule has 7 heteroatoms. The molecule has 0 radical (unpaired) electrons. The van der Waals surface area contributed by atoms with Crippen molar-refractivity contribution in [1.82, 2.24) is 16.0 Å². The van der Waals surface area contributed by atoms with Gasteiger partial charge in [-0.3, -0.25) is 9.59 Å². The van der Waals surface area contributed by atoms with Crippen LogP contribution in [0.3, 0.4) is 0 Å². The van der Waals surface area contributed by atoms with Gasteiger partial charge >= 0.3 is 6.09 Å². The normalized spacial score (nSPS) is 11.5. The van der Waals surface area contributed by atoms with Crippen LogP contribution in [0.5, 0.6) is 0 Å². The minimum Gasteiger partial charge on any atom is -0.450 e. The molecule has 1 aromatic carbocycles. The molecule has 0 aliphatic carbocycles. The Morgan fingerprint density at radius 2 is 1.92 bits per heavy atom. The van der Waals surface area contributed by atoms with Crippen molar-refractivity contribution in [2.24, 2.45) is 5.92 Å². The molecular formula is C17H25N3O4. The van der Waals surface area contributed by atoms with Gasteiger partial charge in [0.15, 0.2) is 0 Å². The molecule has 3 amide bonds. The van der Waals surface area contributed by atoms with E-state index in [1.807, 2.05) is 19.9 Å². The monoisotopic (exact) mass is 335 g/mol. The lowest BCUT2D eigenvalue weighted by Crippen LogP contribution is -2.49. The number of hydrogen-bond donors (Lipinski definition) is 3. The average Bonchev–Trinajstić information content (AvgIpc) is 2.57. The van der Waals surface area contributed by atoms with Crippen LogP contribution in [0.1, 0.15) is 36.7 Å². The van der Waals surface area contributed by atoms with E-state index in [1.165, 1.54) is 0 Å². The van der Waals surface area contributed by atoms with Gasteiger partial charge in [0.25, 0.3) is 5.91 Å². The number of benzene rings is 1. The minimum atomic E-state index is -0.689. The second kappa shape index (κ2) is 9.54. The van der Waals surface area contributed by atoms with E-state index in [4.69, 9.17) is 4.74 Å². The molecule has 0 heterocycles. The molecule has 0 aromatic heterocycles. The van der Waals surface area contributed by atoms with Crippen molar-refractivity contribution >= 4 is 17.9 Å². The fourth-order valence-corrected chi connectivity index (χ4v) is 2.10. The number of carbonyl (C=O) groups excluding carboxylic acids is 3. The highest BCUT2D eigenvalue weighted by Crippen LogP contribution is 2.07. The third kappa shape index (κ3) is 5.91. The quantitative estimate of drug-likeness (QED) is 0.702. The summed E-state index contributed by atoms with van der Waals surface area (Å²) in [5.41, 5.74) is 1.32. The van der Waals surface area contributed by atoms with Crippen LogP contribution in [0.25, 0.3) is 0 Å². The van der Waals surface area contributed by atoms with Gasteiger partial charge in [0.2, 0.25) is 5.91 Å². The summed E-state index contributed by atoms with van der Waals surface area (Å²) < 4.78 is 4.82. The zero-order valence-corrected chi connectivity index (χ0v) is 14.5. The number of carbonyl (C=O) groups is 3. The molecule has 24 heavy (non-hydrogen) atoms. The summed E-state index contributed by atoms with van der Waals surface area (Å²) in [6.45, 7) is 5.87. The molecule has 7 nitrogen and oxygen atoms in total. The maximum Gasteiger partial charge on any atom is 0.407 e. The van der Waals surface area contributed by atoms with Crippen LogP contribution in [0, 0.1) is 5.92 Å². The van der Waals surface area contributed by atoms with Gasteiger partial charge in [-0.15, -0.1) is 0 Å². The topological polar surface area (TPSA) is 96.5 Å². The molecule has 3 N–H and O–H groups in total. The lowest BCUT2D eigenvalue weighted by atomic mass is 10.0. The molecule has 0 spiro atoms. The fraction of sp³-hybridized carbons (Fsp3) is 0.471. The smallest absolute Gasteiger partial charge is 0.407 e. The van der Waals surface area contributed by atoms with E-state index in [9.17, 15) is 14.4 Å². The van der Waals surface area contributed by atoms with Crippen LogP contribution in [0.15, 0.2) is 24.3 Å². The first-order valence-corrected chi connectivity index (χ1v) is 7.91. The number of rotatable bonds is 7. The van der Waals surface area contributed by atoms with E-state index in [0.29, 0.717) is 5.56 Å². The summed E-state index contributed by atoms with van der Waals surface area (Å²) in [7, 11) is 1.56. The SMILES string of the molecule is CCOC(=O)NC(C(=O)NCc1cccc(C(=O)NC)c1)C(C)C. The summed E-state index contributed by atoms with van der Waals surface area (Å²) in [4.78, 5) is 35.5. The number of ether oxygens (including phenoxy) is 1. The Balaban J connectivity index is 2.68. The fourth-order valence-electron chi connectivity index (χ4n) is 2.10. The maximum atomic E-state index is 12.3. The summed E-state index contributed by atoms with van der Waals surface area (Å²) >= 11 is 0. The molecule has 0 aliphatic heterocycles. The molecule has 1 unspecified atom stereocenters. The molecule has 0 bridgehead atoms. The van der Waals surface area contributed by atoms with Crippen LogP contribution >= 0.6 is 0 Å². The van der Waals surface area contributed by atoms with Gasteiger partial charge in [0, 0.05) is 19.2 Å². The zero-order valence-electron chi connectivity index (χ0n) is 14.5. The van der Waals surface area contributed by atoms with E-state index in [0.717, 1.165) is 5.56 Å². The predicted molar refractivity (Wildman–Crippen MR) is 90.5 cm³/mol. The highest BCUT2D eigenvalue weighted by atomic mass is 16.5. The van der Waals surface area contributed by atoms with Crippen molar-refractivity contribution in [3.8, 4) is 0 Å². The van der Waals surface area contributed by atoms with Crippen molar-refractivity contribution in [3.63, 3.8) is 0 Å². The lowest BCUT2D eigenvalue weighted by Gasteiger charge is -2.21. The van der Waals surface area contributed by atoms with Gasteiger partial charge in [0.1, 0.15) is 6.04 Å². The molecule has 0 aliphatic rings. The van der Waals surface area contributed by atoms with Crippen LogP contribution in [-0.4, -0.2) is 37.6 Å². The Kier molecular flexibility index (Phi) is 7.74. The molecule has 1 rings (SSSR count). The Labute approximate surface area is 142 Å². The van der Waals surface area contributed by atoms with Gasteiger partial charge in [-0.05, 0) is 30.5 Å². The van der Waals surface area contributed by atoms with Crippen LogP contribution in [-0.2, 0) is 16.1 Å². The summed E-state index contributed by atoms with van der Waals surface area (Å²) in [5, 5.41) is 7.88. The summed E-state index contributed by atoms with van der Waals surface area (Å²) in [6, 6.07) is 6.29. The van der Waals surface area contributed by atoms with E-state index in [1.54, 1.807) is 32.2 Å². The van der Waals surface area contributed by atoms with E-state index < -0.39 is 12.1 Å². The van der Waals surface area contributed by atoms with Gasteiger partial charge in [-0.2, -0.15) is 0 Å². The first kappa shape index (κ1) is 19.5. The Morgan fingerprint density at radius 3 is 2.50 bits per heavy atom. The van der Waals surface area contributed by atoms with E-state index >= 15 is 0 Å². The van der Waals surface area contributed by atoms with Crippen molar-refractivity contribution in [2.45, 2.75) is 33.4 Å². The molecule has 1 atom stereocenters. The van der Waals surface area contributed by atoms with Crippen molar-refractivity contribution < 1.29 is 19.1 Å². The number of amides is 3. The van der Waals surface area contributed by atoms with Crippen LogP contribution in [0.4, 0.5) is 4.79 Å². The predicted octanol–water partition coefficient (Wildman–Crippen LogP) is 1.43. The van der Waals surface area contributed by atoms with E-state index in [2.05, 4.69) is 16.0 Å². The second-order valence-corrected chi connectivity index (χ2v) is 5.58. The van der Waals surface area contributed by atoms with Gasteiger partial charge < -0.3 is 20.7 Å². The molecule has 0 saturated heterocycles. The Morgan fingerprint density at radius 1 is 1.21 bits per heavy atom. The Hall–Kier alpha value is -2.57. The molecular weight excluding hydrogens is 310 g/mol. The van der Waals surface area contributed by atoms with Crippen LogP contribution in [0.2, 0.25) is 0 Å². The first-order valence-electron chi connectivity index (χ1n) is 7.91. The van der Waals surface area contributed by atoms with Gasteiger partial charge in [-0.1, -0.05) is 26.0 Å². The highest BCUT2D eigenvalue weighted by molar-refractivity contribution is 5.94. The molecule has 0 fully saturated rings. The highest BCUT2D eigenvalue weighted by Gasteiger charge is 2.24. The first-order chi connectivity index (χ1) is 11.4. The second-order valence-electron chi connectivity index (χ2n) is 5.58. The van der Waals surface area contributed by atoms with Crippen molar-refractivity contribution in [1.29, 1.82) is 0 Å². The number of nitrogens with one attached hydrogen (secondary N) is 3. The third-order valence-electron chi connectivity index (χ3n) is 3.38. The molecule has 0 saturated carbocycles. The van der Waals surface area contributed by atoms with Crippen molar-refractivity contribution in [3.05, 3.63) is 35.4 Å². The van der Waals surface area contributed by atoms with Crippen molar-refractivity contribution in [2.75, 3.05) is 13.7 Å². The lowest BCUT2D eigenvalue weighted by molar-refractivity contribution is -0.124. The third-order valence-corrected chi connectivity index (χ3v) is 3.38. The van der Waals surface area contributed by atoms with Gasteiger partial charge in [0.05, 0.1) is 6.61 Å². The zero-order chi connectivity index (χ0) is 18.1. The molecule has 132 valence electrons. The standard InChI is InChI=1S/C17H25N3O4/c1-5-24-17(23)20-14(11(2)3)16(22)19-10-12-7-6-8-13(9-12)15(21)18-4/h6-9,11,14H,5,10H2,1-4H3,(H,18,21)(H,19,22)(H,20,23). The van der Waals surface area contributed by atoms with E-state index in [-0.39, 0.29) is 30.9 Å². The minimum absolute atomic E-state index is 0.0911. The summed E-state index contributed by atoms with van der Waals surface area (Å²) in [6.07, 6.45) is -0.618. The largest absolute Gasteiger partial charge is 0.450 e.